The second kappa shape index (κ2) is 8.39. The third-order valence-electron chi connectivity index (χ3n) is 5.27. The summed E-state index contributed by atoms with van der Waals surface area (Å²) in [6.45, 7) is 2.83. The molecule has 0 radical (unpaired) electrons. The van der Waals surface area contributed by atoms with Crippen LogP contribution in [0.5, 0.6) is 11.5 Å². The molecule has 162 valence electrons. The number of nitrogens with zero attached hydrogens (tertiary/aromatic N) is 1. The van der Waals surface area contributed by atoms with Gasteiger partial charge < -0.3 is 23.5 Å². The first-order valence-electron chi connectivity index (χ1n) is 9.87. The SMILES string of the molecule is CCOc1ccc(C2c3c(oc4ccc(F)cc4c3=O)C(=O)N2CCOC)cc1OC. The number of ether oxygens (including phenoxy) is 3. The molecule has 1 aliphatic rings. The fraction of sp³-hybridized carbons (Fsp3) is 0.304. The Bertz CT molecular complexity index is 1200. The number of carbonyl (C=O) groups is 1. The number of carbonyl (C=O) groups excluding carboxylic acids is 1. The lowest BCUT2D eigenvalue weighted by Gasteiger charge is -2.25. The lowest BCUT2D eigenvalue weighted by atomic mass is 9.98. The van der Waals surface area contributed by atoms with Gasteiger partial charge in [-0.1, -0.05) is 6.07 Å². The monoisotopic (exact) mass is 427 g/mol. The van der Waals surface area contributed by atoms with Crippen LogP contribution in [0.3, 0.4) is 0 Å². The molecule has 2 heterocycles. The zero-order valence-electron chi connectivity index (χ0n) is 17.4. The van der Waals surface area contributed by atoms with E-state index >= 15 is 0 Å². The van der Waals surface area contributed by atoms with Crippen LogP contribution < -0.4 is 14.9 Å². The Morgan fingerprint density at radius 3 is 2.61 bits per heavy atom. The minimum absolute atomic E-state index is 0.0435. The van der Waals surface area contributed by atoms with Crippen molar-refractivity contribution in [3.8, 4) is 11.5 Å². The smallest absolute Gasteiger partial charge is 0.290 e. The number of benzene rings is 2. The van der Waals surface area contributed by atoms with Gasteiger partial charge in [0.25, 0.3) is 5.91 Å². The molecule has 0 bridgehead atoms. The van der Waals surface area contributed by atoms with E-state index in [0.717, 1.165) is 6.07 Å². The first kappa shape index (κ1) is 20.9. The molecule has 1 atom stereocenters. The van der Waals surface area contributed by atoms with Gasteiger partial charge in [0.15, 0.2) is 16.9 Å². The number of halogens is 1. The van der Waals surface area contributed by atoms with Crippen LogP contribution in [0.1, 0.15) is 34.6 Å². The van der Waals surface area contributed by atoms with Gasteiger partial charge in [0.1, 0.15) is 11.4 Å². The van der Waals surface area contributed by atoms with Gasteiger partial charge in [0.2, 0.25) is 5.76 Å². The van der Waals surface area contributed by atoms with E-state index in [9.17, 15) is 14.0 Å². The van der Waals surface area contributed by atoms with E-state index in [1.807, 2.05) is 6.92 Å². The molecular formula is C23H22FNO6. The van der Waals surface area contributed by atoms with Gasteiger partial charge in [0, 0.05) is 13.7 Å². The highest BCUT2D eigenvalue weighted by Crippen LogP contribution is 2.40. The molecule has 0 aliphatic carbocycles. The molecule has 1 aliphatic heterocycles. The molecule has 1 amide bonds. The summed E-state index contributed by atoms with van der Waals surface area (Å²) in [5.74, 6) is 0.00315. The van der Waals surface area contributed by atoms with Gasteiger partial charge in [-0.2, -0.15) is 0 Å². The predicted molar refractivity (Wildman–Crippen MR) is 111 cm³/mol. The Balaban J connectivity index is 1.94. The zero-order chi connectivity index (χ0) is 22.1. The van der Waals surface area contributed by atoms with Crippen LogP contribution in [0, 0.1) is 5.82 Å². The lowest BCUT2D eigenvalue weighted by molar-refractivity contribution is 0.0663. The van der Waals surface area contributed by atoms with Crippen molar-refractivity contribution in [3.05, 3.63) is 69.3 Å². The molecule has 0 saturated heterocycles. The fourth-order valence-corrected chi connectivity index (χ4v) is 3.89. The van der Waals surface area contributed by atoms with Crippen molar-refractivity contribution in [2.75, 3.05) is 34.0 Å². The molecule has 1 unspecified atom stereocenters. The maximum atomic E-state index is 13.8. The van der Waals surface area contributed by atoms with Crippen LogP contribution in [0.4, 0.5) is 4.39 Å². The molecule has 0 saturated carbocycles. The largest absolute Gasteiger partial charge is 0.493 e. The van der Waals surface area contributed by atoms with Crippen molar-refractivity contribution in [1.82, 2.24) is 4.90 Å². The summed E-state index contributed by atoms with van der Waals surface area (Å²) >= 11 is 0. The van der Waals surface area contributed by atoms with Crippen molar-refractivity contribution in [3.63, 3.8) is 0 Å². The third kappa shape index (κ3) is 3.53. The van der Waals surface area contributed by atoms with Crippen molar-refractivity contribution in [2.24, 2.45) is 0 Å². The highest BCUT2D eigenvalue weighted by Gasteiger charge is 2.42. The quantitative estimate of drug-likeness (QED) is 0.574. The lowest BCUT2D eigenvalue weighted by Crippen LogP contribution is -2.32. The van der Waals surface area contributed by atoms with Gasteiger partial charge in [-0.05, 0) is 42.8 Å². The maximum absolute atomic E-state index is 13.8. The van der Waals surface area contributed by atoms with Gasteiger partial charge in [-0.15, -0.1) is 0 Å². The number of hydrogen-bond acceptors (Lipinski definition) is 6. The Hall–Kier alpha value is -3.39. The van der Waals surface area contributed by atoms with E-state index in [1.54, 1.807) is 18.2 Å². The van der Waals surface area contributed by atoms with Crippen molar-refractivity contribution < 1.29 is 27.8 Å². The van der Waals surface area contributed by atoms with E-state index < -0.39 is 23.2 Å². The van der Waals surface area contributed by atoms with Crippen LogP contribution in [-0.2, 0) is 4.74 Å². The van der Waals surface area contributed by atoms with Gasteiger partial charge in [-0.3, -0.25) is 9.59 Å². The summed E-state index contributed by atoms with van der Waals surface area (Å²) in [6.07, 6.45) is 0. The van der Waals surface area contributed by atoms with E-state index in [1.165, 1.54) is 31.3 Å². The molecule has 0 N–H and O–H groups in total. The zero-order valence-corrected chi connectivity index (χ0v) is 17.4. The van der Waals surface area contributed by atoms with Gasteiger partial charge >= 0.3 is 0 Å². The normalized spacial score (nSPS) is 15.4. The maximum Gasteiger partial charge on any atom is 0.290 e. The minimum atomic E-state index is -0.730. The Morgan fingerprint density at radius 1 is 1.10 bits per heavy atom. The Labute approximate surface area is 177 Å². The molecule has 0 fully saturated rings. The molecule has 3 aromatic rings. The first-order valence-corrected chi connectivity index (χ1v) is 9.87. The van der Waals surface area contributed by atoms with E-state index in [2.05, 4.69) is 0 Å². The first-order chi connectivity index (χ1) is 15.0. The number of rotatable bonds is 7. The van der Waals surface area contributed by atoms with Crippen molar-refractivity contribution >= 4 is 16.9 Å². The number of fused-ring (bicyclic) bond motifs is 2. The van der Waals surface area contributed by atoms with Crippen LogP contribution in [0.15, 0.2) is 45.6 Å². The Morgan fingerprint density at radius 2 is 1.90 bits per heavy atom. The summed E-state index contributed by atoms with van der Waals surface area (Å²) < 4.78 is 35.8. The summed E-state index contributed by atoms with van der Waals surface area (Å²) in [4.78, 5) is 28.1. The van der Waals surface area contributed by atoms with Crippen LogP contribution in [-0.4, -0.2) is 44.8 Å². The summed E-state index contributed by atoms with van der Waals surface area (Å²) in [6, 6.07) is 8.17. The molecule has 1 aromatic heterocycles. The summed E-state index contributed by atoms with van der Waals surface area (Å²) in [5, 5.41) is 0.0862. The van der Waals surface area contributed by atoms with Crippen molar-refractivity contribution in [2.45, 2.75) is 13.0 Å². The Kier molecular flexibility index (Phi) is 5.65. The van der Waals surface area contributed by atoms with Crippen LogP contribution >= 0.6 is 0 Å². The average Bonchev–Trinajstić information content (AvgIpc) is 3.05. The average molecular weight is 427 g/mol. The molecule has 4 rings (SSSR count). The molecule has 0 spiro atoms. The summed E-state index contributed by atoms with van der Waals surface area (Å²) in [7, 11) is 3.05. The number of amides is 1. The second-order valence-electron chi connectivity index (χ2n) is 7.05. The van der Waals surface area contributed by atoms with E-state index in [-0.39, 0.29) is 35.4 Å². The summed E-state index contributed by atoms with van der Waals surface area (Å²) in [5.41, 5.74) is 0.536. The fourth-order valence-electron chi connectivity index (χ4n) is 3.89. The molecule has 2 aromatic carbocycles. The predicted octanol–water partition coefficient (Wildman–Crippen LogP) is 3.53. The van der Waals surface area contributed by atoms with E-state index in [0.29, 0.717) is 23.7 Å². The second-order valence-corrected chi connectivity index (χ2v) is 7.05. The number of hydrogen-bond donors (Lipinski definition) is 0. The standard InChI is InChI=1S/C23H22FNO6/c1-4-30-17-7-5-13(11-18(17)29-3)20-19-21(26)15-12-14(24)6-8-16(15)31-22(19)23(27)25(20)9-10-28-2/h5-8,11-12,20H,4,9-10H2,1-3H3. The van der Waals surface area contributed by atoms with Crippen LogP contribution in [0.2, 0.25) is 0 Å². The van der Waals surface area contributed by atoms with E-state index in [4.69, 9.17) is 18.6 Å². The highest BCUT2D eigenvalue weighted by atomic mass is 19.1. The molecule has 31 heavy (non-hydrogen) atoms. The van der Waals surface area contributed by atoms with Crippen LogP contribution in [0.25, 0.3) is 11.0 Å². The topological polar surface area (TPSA) is 78.2 Å². The van der Waals surface area contributed by atoms with Gasteiger partial charge in [0.05, 0.1) is 37.3 Å². The van der Waals surface area contributed by atoms with Gasteiger partial charge in [-0.25, -0.2) is 4.39 Å². The third-order valence-corrected chi connectivity index (χ3v) is 5.27. The number of methoxy groups -OCH3 is 2. The molecule has 7 nitrogen and oxygen atoms in total. The van der Waals surface area contributed by atoms with Crippen molar-refractivity contribution in [1.29, 1.82) is 0 Å². The minimum Gasteiger partial charge on any atom is -0.493 e. The molecule has 8 heteroatoms. The molecular weight excluding hydrogens is 405 g/mol. The highest BCUT2D eigenvalue weighted by molar-refractivity contribution is 5.99.